The van der Waals surface area contributed by atoms with E-state index in [2.05, 4.69) is 10.6 Å². The van der Waals surface area contributed by atoms with Crippen LogP contribution in [0, 0.1) is 0 Å². The zero-order valence-electron chi connectivity index (χ0n) is 12.5. The minimum Gasteiger partial charge on any atom is -0.384 e. The first-order valence-electron chi connectivity index (χ1n) is 7.06. The maximum atomic E-state index is 11.9. The Morgan fingerprint density at radius 3 is 2.55 bits per heavy atom. The molecule has 0 heterocycles. The molecule has 0 radical (unpaired) electrons. The van der Waals surface area contributed by atoms with Gasteiger partial charge in [0.05, 0.1) is 12.4 Å². The van der Waals surface area contributed by atoms with E-state index in [9.17, 15) is 4.79 Å². The average Bonchev–Trinajstić information content (AvgIpc) is 2.53. The third kappa shape index (κ3) is 5.79. The molecule has 0 unspecified atom stereocenters. The molecule has 116 valence electrons. The number of carbonyl (C=O) groups excluding carboxylic acids is 1. The molecule has 0 aliphatic rings. The van der Waals surface area contributed by atoms with Gasteiger partial charge in [0.1, 0.15) is 0 Å². The molecule has 0 atom stereocenters. The molecule has 2 N–H and O–H groups in total. The highest BCUT2D eigenvalue weighted by atomic mass is 32.2. The molecule has 2 aromatic rings. The lowest BCUT2D eigenvalue weighted by molar-refractivity contribution is -0.113. The molecule has 0 saturated carbocycles. The number of rotatable bonds is 8. The molecule has 22 heavy (non-hydrogen) atoms. The summed E-state index contributed by atoms with van der Waals surface area (Å²) in [6.45, 7) is 0.661. The van der Waals surface area contributed by atoms with Gasteiger partial charge in [0, 0.05) is 29.9 Å². The van der Waals surface area contributed by atoms with Crippen molar-refractivity contribution in [3.8, 4) is 0 Å². The summed E-state index contributed by atoms with van der Waals surface area (Å²) in [5, 5.41) is 6.21. The Labute approximate surface area is 135 Å². The van der Waals surface area contributed by atoms with Crippen LogP contribution in [0.3, 0.4) is 0 Å². The van der Waals surface area contributed by atoms with Gasteiger partial charge in [0.15, 0.2) is 0 Å². The van der Waals surface area contributed by atoms with Crippen LogP contribution in [0.1, 0.15) is 0 Å². The van der Waals surface area contributed by atoms with Crippen LogP contribution in [-0.2, 0) is 9.53 Å². The van der Waals surface area contributed by atoms with E-state index in [1.54, 1.807) is 18.9 Å². The van der Waals surface area contributed by atoms with Crippen LogP contribution in [0.5, 0.6) is 0 Å². The van der Waals surface area contributed by atoms with Gasteiger partial charge in [-0.05, 0) is 30.3 Å². The Balaban J connectivity index is 1.87. The van der Waals surface area contributed by atoms with Gasteiger partial charge in [0.25, 0.3) is 0 Å². The van der Waals surface area contributed by atoms with Gasteiger partial charge in [-0.25, -0.2) is 0 Å². The number of thioether (sulfide) groups is 1. The van der Waals surface area contributed by atoms with Gasteiger partial charge in [-0.2, -0.15) is 0 Å². The first-order chi connectivity index (χ1) is 10.8. The Hall–Kier alpha value is -1.98. The molecule has 1 amide bonds. The van der Waals surface area contributed by atoms with Crippen LogP contribution < -0.4 is 10.6 Å². The second-order valence-electron chi connectivity index (χ2n) is 4.67. The summed E-state index contributed by atoms with van der Waals surface area (Å²) in [5.41, 5.74) is 2.75. The Kier molecular flexibility index (Phi) is 6.80. The Bertz CT molecular complexity index is 590. The first kappa shape index (κ1) is 16.4. The van der Waals surface area contributed by atoms with Crippen LogP contribution in [0.25, 0.3) is 0 Å². The average molecular weight is 316 g/mol. The summed E-state index contributed by atoms with van der Waals surface area (Å²) in [6, 6.07) is 17.6. The van der Waals surface area contributed by atoms with Gasteiger partial charge in [-0.3, -0.25) is 4.79 Å². The SMILES string of the molecule is COCCSCC(=O)Nc1cccc(Nc2ccccc2)c1. The number of carbonyl (C=O) groups is 1. The Morgan fingerprint density at radius 2 is 1.77 bits per heavy atom. The van der Waals surface area contributed by atoms with Crippen molar-refractivity contribution in [3.63, 3.8) is 0 Å². The molecule has 0 fully saturated rings. The fraction of sp³-hybridized carbons (Fsp3) is 0.235. The van der Waals surface area contributed by atoms with E-state index in [4.69, 9.17) is 4.74 Å². The fourth-order valence-electron chi connectivity index (χ4n) is 1.87. The van der Waals surface area contributed by atoms with Crippen LogP contribution in [0.15, 0.2) is 54.6 Å². The zero-order chi connectivity index (χ0) is 15.6. The van der Waals surface area contributed by atoms with E-state index >= 15 is 0 Å². The first-order valence-corrected chi connectivity index (χ1v) is 8.22. The number of anilines is 3. The monoisotopic (exact) mass is 316 g/mol. The van der Waals surface area contributed by atoms with Crippen LogP contribution in [-0.4, -0.2) is 31.1 Å². The third-order valence-electron chi connectivity index (χ3n) is 2.87. The van der Waals surface area contributed by atoms with Gasteiger partial charge in [0.2, 0.25) is 5.91 Å². The molecule has 0 spiro atoms. The topological polar surface area (TPSA) is 50.4 Å². The summed E-state index contributed by atoms with van der Waals surface area (Å²) in [7, 11) is 1.66. The minimum atomic E-state index is -0.00189. The quantitative estimate of drug-likeness (QED) is 0.728. The van der Waals surface area contributed by atoms with Crippen molar-refractivity contribution in [3.05, 3.63) is 54.6 Å². The highest BCUT2D eigenvalue weighted by Crippen LogP contribution is 2.20. The second-order valence-corrected chi connectivity index (χ2v) is 5.77. The standard InChI is InChI=1S/C17H20N2O2S/c1-21-10-11-22-13-17(20)19-16-9-5-8-15(12-16)18-14-6-3-2-4-7-14/h2-9,12,18H,10-11,13H2,1H3,(H,19,20). The molecule has 0 saturated heterocycles. The summed E-state index contributed by atoms with van der Waals surface area (Å²) in [5.74, 6) is 1.25. The number of para-hydroxylation sites is 1. The van der Waals surface area contributed by atoms with Gasteiger partial charge in [-0.1, -0.05) is 24.3 Å². The summed E-state index contributed by atoms with van der Waals surface area (Å²) in [4.78, 5) is 11.9. The summed E-state index contributed by atoms with van der Waals surface area (Å²) >= 11 is 1.56. The van der Waals surface area contributed by atoms with Crippen LogP contribution in [0.4, 0.5) is 17.1 Å². The molecule has 2 rings (SSSR count). The lowest BCUT2D eigenvalue weighted by Gasteiger charge is -2.09. The van der Waals surface area contributed by atoms with E-state index in [-0.39, 0.29) is 5.91 Å². The number of ether oxygens (including phenoxy) is 1. The van der Waals surface area contributed by atoms with E-state index in [1.807, 2.05) is 54.6 Å². The van der Waals surface area contributed by atoms with Gasteiger partial charge in [-0.15, -0.1) is 11.8 Å². The van der Waals surface area contributed by atoms with Crippen LogP contribution >= 0.6 is 11.8 Å². The van der Waals surface area contributed by atoms with Crippen molar-refractivity contribution >= 4 is 34.7 Å². The summed E-state index contributed by atoms with van der Waals surface area (Å²) in [6.07, 6.45) is 0. The molecular formula is C17H20N2O2S. The van der Waals surface area contributed by atoms with E-state index in [0.717, 1.165) is 22.8 Å². The van der Waals surface area contributed by atoms with Gasteiger partial charge < -0.3 is 15.4 Å². The largest absolute Gasteiger partial charge is 0.384 e. The molecular weight excluding hydrogens is 296 g/mol. The molecule has 0 aromatic heterocycles. The van der Waals surface area contributed by atoms with Gasteiger partial charge >= 0.3 is 0 Å². The molecule has 0 aliphatic carbocycles. The lowest BCUT2D eigenvalue weighted by Crippen LogP contribution is -2.14. The maximum Gasteiger partial charge on any atom is 0.234 e. The third-order valence-corrected chi connectivity index (χ3v) is 3.80. The van der Waals surface area contributed by atoms with E-state index < -0.39 is 0 Å². The van der Waals surface area contributed by atoms with E-state index in [1.165, 1.54) is 0 Å². The van der Waals surface area contributed by atoms with E-state index in [0.29, 0.717) is 12.4 Å². The molecule has 0 aliphatic heterocycles. The van der Waals surface area contributed by atoms with Crippen molar-refractivity contribution in [1.82, 2.24) is 0 Å². The predicted octanol–water partition coefficient (Wildman–Crippen LogP) is 3.75. The highest BCUT2D eigenvalue weighted by molar-refractivity contribution is 7.99. The number of amides is 1. The fourth-order valence-corrected chi connectivity index (χ4v) is 2.55. The number of hydrogen-bond donors (Lipinski definition) is 2. The molecule has 2 aromatic carbocycles. The number of hydrogen-bond acceptors (Lipinski definition) is 4. The minimum absolute atomic E-state index is 0.00189. The number of methoxy groups -OCH3 is 1. The zero-order valence-corrected chi connectivity index (χ0v) is 13.4. The normalized spacial score (nSPS) is 10.2. The molecule has 4 nitrogen and oxygen atoms in total. The number of benzene rings is 2. The smallest absolute Gasteiger partial charge is 0.234 e. The van der Waals surface area contributed by atoms with Crippen molar-refractivity contribution in [2.45, 2.75) is 0 Å². The lowest BCUT2D eigenvalue weighted by atomic mass is 10.2. The highest BCUT2D eigenvalue weighted by Gasteiger charge is 2.03. The Morgan fingerprint density at radius 1 is 1.05 bits per heavy atom. The van der Waals surface area contributed by atoms with Crippen molar-refractivity contribution < 1.29 is 9.53 Å². The van der Waals surface area contributed by atoms with Crippen molar-refractivity contribution in [1.29, 1.82) is 0 Å². The van der Waals surface area contributed by atoms with Crippen LogP contribution in [0.2, 0.25) is 0 Å². The van der Waals surface area contributed by atoms with Crippen molar-refractivity contribution in [2.24, 2.45) is 0 Å². The molecule has 5 heteroatoms. The maximum absolute atomic E-state index is 11.9. The predicted molar refractivity (Wildman–Crippen MR) is 94.0 cm³/mol. The summed E-state index contributed by atoms with van der Waals surface area (Å²) < 4.78 is 4.95. The number of nitrogens with one attached hydrogen (secondary N) is 2. The molecule has 0 bridgehead atoms. The van der Waals surface area contributed by atoms with Crippen molar-refractivity contribution in [2.75, 3.05) is 35.9 Å². The second kappa shape index (κ2) is 9.12.